The van der Waals surface area contributed by atoms with Crippen LogP contribution in [0, 0.1) is 0 Å². The molecule has 0 aliphatic carbocycles. The zero-order valence-corrected chi connectivity index (χ0v) is 8.54. The van der Waals surface area contributed by atoms with Crippen LogP contribution in [0.4, 0.5) is 0 Å². The van der Waals surface area contributed by atoms with Crippen molar-refractivity contribution < 1.29 is 10.2 Å². The monoisotopic (exact) mass is 213 g/mol. The van der Waals surface area contributed by atoms with Crippen molar-refractivity contribution in [2.24, 2.45) is 0 Å². The van der Waals surface area contributed by atoms with E-state index in [2.05, 4.69) is 4.98 Å². The molecule has 0 unspecified atom stereocenters. The van der Waals surface area contributed by atoms with Crippen LogP contribution in [0.5, 0.6) is 11.5 Å². The number of hydrogen-bond donors (Lipinski definition) is 2. The minimum atomic E-state index is 0.0471. The molecule has 1 heterocycles. The van der Waals surface area contributed by atoms with E-state index in [0.717, 1.165) is 11.1 Å². The molecule has 0 bridgehead atoms. The third kappa shape index (κ3) is 2.60. The van der Waals surface area contributed by atoms with Gasteiger partial charge in [0.1, 0.15) is 11.5 Å². The van der Waals surface area contributed by atoms with Gasteiger partial charge in [0.25, 0.3) is 0 Å². The SMILES string of the molecule is Oc1cc(O)cc(/C=C/c2cccnc2)c1. The Balaban J connectivity index is 2.24. The topological polar surface area (TPSA) is 53.4 Å². The summed E-state index contributed by atoms with van der Waals surface area (Å²) in [5, 5.41) is 18.6. The van der Waals surface area contributed by atoms with Gasteiger partial charge in [-0.05, 0) is 29.3 Å². The van der Waals surface area contributed by atoms with Crippen LogP contribution >= 0.6 is 0 Å². The van der Waals surface area contributed by atoms with Crippen molar-refractivity contribution in [2.45, 2.75) is 0 Å². The molecule has 0 atom stereocenters. The first kappa shape index (κ1) is 10.2. The molecule has 0 spiro atoms. The van der Waals surface area contributed by atoms with Crippen molar-refractivity contribution in [1.82, 2.24) is 4.98 Å². The Kier molecular flexibility index (Phi) is 2.87. The van der Waals surface area contributed by atoms with Crippen molar-refractivity contribution in [3.05, 3.63) is 53.9 Å². The molecule has 0 aliphatic heterocycles. The van der Waals surface area contributed by atoms with E-state index in [1.807, 2.05) is 18.2 Å². The molecule has 0 aliphatic rings. The molecule has 0 radical (unpaired) electrons. The molecule has 0 saturated carbocycles. The fourth-order valence-electron chi connectivity index (χ4n) is 1.38. The van der Waals surface area contributed by atoms with Gasteiger partial charge in [0.05, 0.1) is 0 Å². The standard InChI is InChI=1S/C13H11NO2/c15-12-6-11(7-13(16)8-12)4-3-10-2-1-5-14-9-10/h1-9,15-16H/b4-3+. The highest BCUT2D eigenvalue weighted by molar-refractivity contribution is 5.70. The number of aromatic nitrogens is 1. The van der Waals surface area contributed by atoms with Crippen LogP contribution in [-0.4, -0.2) is 15.2 Å². The average Bonchev–Trinajstić information content (AvgIpc) is 2.27. The highest BCUT2D eigenvalue weighted by Gasteiger charge is 1.95. The smallest absolute Gasteiger partial charge is 0.119 e. The lowest BCUT2D eigenvalue weighted by atomic mass is 10.1. The van der Waals surface area contributed by atoms with Gasteiger partial charge in [-0.15, -0.1) is 0 Å². The second-order valence-electron chi connectivity index (χ2n) is 3.40. The normalized spacial score (nSPS) is 10.8. The summed E-state index contributed by atoms with van der Waals surface area (Å²) in [6, 6.07) is 8.21. The molecule has 2 rings (SSSR count). The summed E-state index contributed by atoms with van der Waals surface area (Å²) < 4.78 is 0. The van der Waals surface area contributed by atoms with Crippen LogP contribution in [0.1, 0.15) is 11.1 Å². The summed E-state index contributed by atoms with van der Waals surface area (Å²) in [5.74, 6) is 0.0941. The van der Waals surface area contributed by atoms with Gasteiger partial charge >= 0.3 is 0 Å². The van der Waals surface area contributed by atoms with Crippen LogP contribution in [-0.2, 0) is 0 Å². The summed E-state index contributed by atoms with van der Waals surface area (Å²) >= 11 is 0. The Bertz CT molecular complexity index is 486. The second-order valence-corrected chi connectivity index (χ2v) is 3.40. The lowest BCUT2D eigenvalue weighted by Gasteiger charge is -1.98. The van der Waals surface area contributed by atoms with E-state index in [1.54, 1.807) is 30.6 Å². The van der Waals surface area contributed by atoms with E-state index >= 15 is 0 Å². The number of pyridine rings is 1. The molecule has 0 saturated heterocycles. The molecular weight excluding hydrogens is 202 g/mol. The lowest BCUT2D eigenvalue weighted by Crippen LogP contribution is -1.75. The minimum absolute atomic E-state index is 0.0471. The summed E-state index contributed by atoms with van der Waals surface area (Å²) in [7, 11) is 0. The molecule has 1 aromatic carbocycles. The fraction of sp³-hybridized carbons (Fsp3) is 0. The van der Waals surface area contributed by atoms with E-state index in [9.17, 15) is 10.2 Å². The fourth-order valence-corrected chi connectivity index (χ4v) is 1.38. The van der Waals surface area contributed by atoms with Crippen LogP contribution < -0.4 is 0 Å². The predicted molar refractivity (Wildman–Crippen MR) is 62.9 cm³/mol. The van der Waals surface area contributed by atoms with Gasteiger partial charge in [-0.25, -0.2) is 0 Å². The average molecular weight is 213 g/mol. The van der Waals surface area contributed by atoms with Crippen LogP contribution in [0.15, 0.2) is 42.7 Å². The maximum atomic E-state index is 9.28. The number of aromatic hydroxyl groups is 2. The Morgan fingerprint density at radius 3 is 2.25 bits per heavy atom. The van der Waals surface area contributed by atoms with Gasteiger partial charge in [0.15, 0.2) is 0 Å². The van der Waals surface area contributed by atoms with E-state index in [1.165, 1.54) is 6.07 Å². The first-order valence-corrected chi connectivity index (χ1v) is 4.85. The molecule has 2 aromatic rings. The zero-order chi connectivity index (χ0) is 11.4. The van der Waals surface area contributed by atoms with E-state index in [-0.39, 0.29) is 11.5 Å². The molecule has 80 valence electrons. The third-order valence-corrected chi connectivity index (χ3v) is 2.08. The van der Waals surface area contributed by atoms with Gasteiger partial charge in [-0.3, -0.25) is 4.98 Å². The Morgan fingerprint density at radius 2 is 1.62 bits per heavy atom. The van der Waals surface area contributed by atoms with Crippen LogP contribution in [0.2, 0.25) is 0 Å². The van der Waals surface area contributed by atoms with Crippen molar-refractivity contribution in [1.29, 1.82) is 0 Å². The Labute approximate surface area is 93.3 Å². The number of rotatable bonds is 2. The molecule has 2 N–H and O–H groups in total. The van der Waals surface area contributed by atoms with Crippen molar-refractivity contribution in [3.63, 3.8) is 0 Å². The summed E-state index contributed by atoms with van der Waals surface area (Å²) in [5.41, 5.74) is 1.70. The lowest BCUT2D eigenvalue weighted by molar-refractivity contribution is 0.450. The van der Waals surface area contributed by atoms with Gasteiger partial charge in [0, 0.05) is 18.5 Å². The van der Waals surface area contributed by atoms with Crippen LogP contribution in [0.3, 0.4) is 0 Å². The second kappa shape index (κ2) is 4.49. The Morgan fingerprint density at radius 1 is 0.938 bits per heavy atom. The summed E-state index contributed by atoms with van der Waals surface area (Å²) in [6.07, 6.45) is 7.11. The summed E-state index contributed by atoms with van der Waals surface area (Å²) in [4.78, 5) is 3.98. The van der Waals surface area contributed by atoms with Crippen molar-refractivity contribution in [2.75, 3.05) is 0 Å². The van der Waals surface area contributed by atoms with Gasteiger partial charge < -0.3 is 10.2 Å². The molecule has 0 amide bonds. The largest absolute Gasteiger partial charge is 0.508 e. The van der Waals surface area contributed by atoms with Crippen molar-refractivity contribution in [3.8, 4) is 11.5 Å². The number of phenols is 2. The molecule has 3 nitrogen and oxygen atoms in total. The third-order valence-electron chi connectivity index (χ3n) is 2.08. The van der Waals surface area contributed by atoms with E-state index in [0.29, 0.717) is 0 Å². The first-order valence-electron chi connectivity index (χ1n) is 4.85. The van der Waals surface area contributed by atoms with E-state index in [4.69, 9.17) is 0 Å². The minimum Gasteiger partial charge on any atom is -0.508 e. The molecule has 16 heavy (non-hydrogen) atoms. The molecule has 0 fully saturated rings. The zero-order valence-electron chi connectivity index (χ0n) is 8.54. The first-order chi connectivity index (χ1) is 7.74. The van der Waals surface area contributed by atoms with Gasteiger partial charge in [-0.2, -0.15) is 0 Å². The highest BCUT2D eigenvalue weighted by atomic mass is 16.3. The number of benzene rings is 1. The van der Waals surface area contributed by atoms with E-state index < -0.39 is 0 Å². The maximum absolute atomic E-state index is 9.28. The van der Waals surface area contributed by atoms with Gasteiger partial charge in [0.2, 0.25) is 0 Å². The maximum Gasteiger partial charge on any atom is 0.119 e. The highest BCUT2D eigenvalue weighted by Crippen LogP contribution is 2.21. The van der Waals surface area contributed by atoms with Crippen molar-refractivity contribution >= 4 is 12.2 Å². The molecule has 1 aromatic heterocycles. The van der Waals surface area contributed by atoms with Gasteiger partial charge in [-0.1, -0.05) is 18.2 Å². The molecular formula is C13H11NO2. The molecule has 3 heteroatoms. The number of nitrogens with zero attached hydrogens (tertiary/aromatic N) is 1. The predicted octanol–water partition coefficient (Wildman–Crippen LogP) is 2.66. The Hall–Kier alpha value is -2.29. The quantitative estimate of drug-likeness (QED) is 0.806. The van der Waals surface area contributed by atoms with Crippen LogP contribution in [0.25, 0.3) is 12.2 Å². The number of phenolic OH excluding ortho intramolecular Hbond substituents is 2. The summed E-state index contributed by atoms with van der Waals surface area (Å²) in [6.45, 7) is 0. The number of hydrogen-bond acceptors (Lipinski definition) is 3.